The summed E-state index contributed by atoms with van der Waals surface area (Å²) < 4.78 is 10.7. The normalized spacial score (nSPS) is 16.8. The van der Waals surface area contributed by atoms with Crippen LogP contribution in [0.5, 0.6) is 0 Å². The number of carbonyl (C=O) groups excluding carboxylic acids is 1. The number of nitrogens with one attached hydrogen (secondary N) is 2. The van der Waals surface area contributed by atoms with Gasteiger partial charge in [-0.25, -0.2) is 4.79 Å². The molecule has 8 heteroatoms. The number of halogens is 1. The minimum Gasteiger partial charge on any atom is -0.368 e. The summed E-state index contributed by atoms with van der Waals surface area (Å²) in [5.41, 5.74) is 2.53. The average Bonchev–Trinajstić information content (AvgIpc) is 3.26. The third-order valence-corrected chi connectivity index (χ3v) is 4.58. The standard InChI is InChI=1S/C17H21ClN4O3/c1-10-5-6-12(18)11(2)15(10)21-17(23)19-8-7-14-20-16(25-22-14)13-4-3-9-24-13/h5-6,13H,3-4,7-9H2,1-2H3,(H2,19,21,23)/t13-/m1/s1. The van der Waals surface area contributed by atoms with Crippen LogP contribution in [-0.2, 0) is 11.2 Å². The van der Waals surface area contributed by atoms with Crippen molar-refractivity contribution in [3.63, 3.8) is 0 Å². The SMILES string of the molecule is Cc1ccc(Cl)c(C)c1NC(=O)NCCc1noc([C@H]2CCCO2)n1. The molecule has 2 amide bonds. The molecule has 1 saturated heterocycles. The second-order valence-electron chi connectivity index (χ2n) is 6.05. The van der Waals surface area contributed by atoms with Gasteiger partial charge in [0.15, 0.2) is 5.82 Å². The Hall–Kier alpha value is -2.12. The fraction of sp³-hybridized carbons (Fsp3) is 0.471. The number of anilines is 1. The van der Waals surface area contributed by atoms with Gasteiger partial charge in [-0.3, -0.25) is 0 Å². The highest BCUT2D eigenvalue weighted by Crippen LogP contribution is 2.27. The molecular formula is C17H21ClN4O3. The molecule has 1 aromatic heterocycles. The van der Waals surface area contributed by atoms with Gasteiger partial charge >= 0.3 is 6.03 Å². The maximum Gasteiger partial charge on any atom is 0.319 e. The number of hydrogen-bond donors (Lipinski definition) is 2. The van der Waals surface area contributed by atoms with Crippen LogP contribution in [-0.4, -0.2) is 29.3 Å². The summed E-state index contributed by atoms with van der Waals surface area (Å²) in [7, 11) is 0. The number of urea groups is 1. The lowest BCUT2D eigenvalue weighted by molar-refractivity contribution is 0.0835. The van der Waals surface area contributed by atoms with E-state index in [0.29, 0.717) is 29.7 Å². The van der Waals surface area contributed by atoms with E-state index in [1.165, 1.54) is 0 Å². The van der Waals surface area contributed by atoms with E-state index >= 15 is 0 Å². The Morgan fingerprint density at radius 1 is 1.40 bits per heavy atom. The van der Waals surface area contributed by atoms with Crippen molar-refractivity contribution >= 4 is 23.3 Å². The van der Waals surface area contributed by atoms with Crippen molar-refractivity contribution in [1.82, 2.24) is 15.5 Å². The van der Waals surface area contributed by atoms with Gasteiger partial charge in [-0.1, -0.05) is 22.8 Å². The van der Waals surface area contributed by atoms with E-state index < -0.39 is 0 Å². The van der Waals surface area contributed by atoms with Crippen LogP contribution in [0.2, 0.25) is 5.02 Å². The molecule has 0 aliphatic carbocycles. The number of hydrogen-bond acceptors (Lipinski definition) is 5. The van der Waals surface area contributed by atoms with Crippen molar-refractivity contribution in [3.05, 3.63) is 40.0 Å². The van der Waals surface area contributed by atoms with Gasteiger partial charge in [0.1, 0.15) is 6.10 Å². The van der Waals surface area contributed by atoms with Crippen LogP contribution >= 0.6 is 11.6 Å². The third kappa shape index (κ3) is 4.29. The van der Waals surface area contributed by atoms with E-state index in [2.05, 4.69) is 20.8 Å². The van der Waals surface area contributed by atoms with Crippen LogP contribution in [0.15, 0.2) is 16.7 Å². The number of rotatable bonds is 5. The molecule has 1 aliphatic heterocycles. The van der Waals surface area contributed by atoms with Gasteiger partial charge in [-0.15, -0.1) is 0 Å². The zero-order valence-corrected chi connectivity index (χ0v) is 15.0. The zero-order chi connectivity index (χ0) is 17.8. The van der Waals surface area contributed by atoms with Gasteiger partial charge < -0.3 is 19.9 Å². The largest absolute Gasteiger partial charge is 0.368 e. The van der Waals surface area contributed by atoms with Crippen LogP contribution in [0.4, 0.5) is 10.5 Å². The number of aryl methyl sites for hydroxylation is 1. The van der Waals surface area contributed by atoms with Crippen molar-refractivity contribution in [2.24, 2.45) is 0 Å². The van der Waals surface area contributed by atoms with Crippen LogP contribution in [0.3, 0.4) is 0 Å². The zero-order valence-electron chi connectivity index (χ0n) is 14.3. The summed E-state index contributed by atoms with van der Waals surface area (Å²) in [6, 6.07) is 3.39. The van der Waals surface area contributed by atoms with Crippen molar-refractivity contribution in [3.8, 4) is 0 Å². The first kappa shape index (κ1) is 17.7. The van der Waals surface area contributed by atoms with Gasteiger partial charge in [0.05, 0.1) is 0 Å². The third-order valence-electron chi connectivity index (χ3n) is 4.17. The molecule has 1 fully saturated rings. The fourth-order valence-corrected chi connectivity index (χ4v) is 2.89. The van der Waals surface area contributed by atoms with Crippen molar-refractivity contribution in [2.45, 2.75) is 39.2 Å². The molecule has 134 valence electrons. The quantitative estimate of drug-likeness (QED) is 0.846. The van der Waals surface area contributed by atoms with Crippen molar-refractivity contribution < 1.29 is 14.1 Å². The van der Waals surface area contributed by atoms with Crippen molar-refractivity contribution in [2.75, 3.05) is 18.5 Å². The lowest BCUT2D eigenvalue weighted by Gasteiger charge is -2.13. The topological polar surface area (TPSA) is 89.3 Å². The lowest BCUT2D eigenvalue weighted by Crippen LogP contribution is -2.31. The summed E-state index contributed by atoms with van der Waals surface area (Å²) in [4.78, 5) is 16.4. The molecule has 25 heavy (non-hydrogen) atoms. The van der Waals surface area contributed by atoms with E-state index in [9.17, 15) is 4.79 Å². The number of carbonyl (C=O) groups is 1. The first-order chi connectivity index (χ1) is 12.0. The monoisotopic (exact) mass is 364 g/mol. The Bertz CT molecular complexity index is 756. The van der Waals surface area contributed by atoms with E-state index in [0.717, 1.165) is 36.3 Å². The molecule has 3 rings (SSSR count). The molecule has 0 spiro atoms. The van der Waals surface area contributed by atoms with Gasteiger partial charge in [0.2, 0.25) is 0 Å². The molecule has 0 unspecified atom stereocenters. The first-order valence-corrected chi connectivity index (χ1v) is 8.67. The van der Waals surface area contributed by atoms with Gasteiger partial charge in [-0.2, -0.15) is 4.98 Å². The minimum absolute atomic E-state index is 0.0914. The Morgan fingerprint density at radius 3 is 3.00 bits per heavy atom. The Morgan fingerprint density at radius 2 is 2.24 bits per heavy atom. The van der Waals surface area contributed by atoms with E-state index in [1.807, 2.05) is 26.0 Å². The molecule has 0 bridgehead atoms. The van der Waals surface area contributed by atoms with E-state index in [1.54, 1.807) is 0 Å². The molecule has 1 atom stereocenters. The van der Waals surface area contributed by atoms with Crippen LogP contribution in [0.25, 0.3) is 0 Å². The second-order valence-corrected chi connectivity index (χ2v) is 6.45. The Balaban J connectivity index is 1.49. The minimum atomic E-state index is -0.295. The Labute approximate surface area is 151 Å². The molecule has 2 aromatic rings. The number of amides is 2. The summed E-state index contributed by atoms with van der Waals surface area (Å²) in [6.07, 6.45) is 2.30. The summed E-state index contributed by atoms with van der Waals surface area (Å²) in [5.74, 6) is 1.07. The van der Waals surface area contributed by atoms with Crippen LogP contribution in [0.1, 0.15) is 41.8 Å². The number of benzene rings is 1. The van der Waals surface area contributed by atoms with Crippen LogP contribution in [0, 0.1) is 13.8 Å². The number of ether oxygens (including phenoxy) is 1. The fourth-order valence-electron chi connectivity index (χ4n) is 2.73. The molecule has 0 radical (unpaired) electrons. The summed E-state index contributed by atoms with van der Waals surface area (Å²) in [5, 5.41) is 10.2. The smallest absolute Gasteiger partial charge is 0.319 e. The Kier molecular flexibility index (Phi) is 5.55. The van der Waals surface area contributed by atoms with Gasteiger partial charge in [0.25, 0.3) is 5.89 Å². The molecular weight excluding hydrogens is 344 g/mol. The molecule has 0 saturated carbocycles. The molecule has 1 aliphatic rings. The van der Waals surface area contributed by atoms with Gasteiger partial charge in [0, 0.05) is 30.3 Å². The second kappa shape index (κ2) is 7.84. The first-order valence-electron chi connectivity index (χ1n) is 8.29. The summed E-state index contributed by atoms with van der Waals surface area (Å²) in [6.45, 7) is 4.92. The number of nitrogens with zero attached hydrogens (tertiary/aromatic N) is 2. The summed E-state index contributed by atoms with van der Waals surface area (Å²) >= 11 is 6.10. The average molecular weight is 365 g/mol. The highest BCUT2D eigenvalue weighted by molar-refractivity contribution is 6.31. The highest BCUT2D eigenvalue weighted by Gasteiger charge is 2.23. The van der Waals surface area contributed by atoms with Crippen molar-refractivity contribution in [1.29, 1.82) is 0 Å². The lowest BCUT2D eigenvalue weighted by atomic mass is 10.1. The molecule has 2 N–H and O–H groups in total. The maximum absolute atomic E-state index is 12.1. The van der Waals surface area contributed by atoms with Crippen LogP contribution < -0.4 is 10.6 Å². The number of aromatic nitrogens is 2. The highest BCUT2D eigenvalue weighted by atomic mass is 35.5. The van der Waals surface area contributed by atoms with E-state index in [-0.39, 0.29) is 12.1 Å². The van der Waals surface area contributed by atoms with E-state index in [4.69, 9.17) is 20.9 Å². The predicted molar refractivity (Wildman–Crippen MR) is 93.9 cm³/mol. The molecule has 2 heterocycles. The maximum atomic E-state index is 12.1. The van der Waals surface area contributed by atoms with Gasteiger partial charge in [-0.05, 0) is 43.9 Å². The predicted octanol–water partition coefficient (Wildman–Crippen LogP) is 3.56. The molecule has 1 aromatic carbocycles. The molecule has 7 nitrogen and oxygen atoms in total.